The molecule has 8 heteroatoms. The van der Waals surface area contributed by atoms with E-state index in [0.717, 1.165) is 34.7 Å². The molecule has 1 amide bonds. The molecule has 0 saturated carbocycles. The third-order valence-electron chi connectivity index (χ3n) is 4.60. The van der Waals surface area contributed by atoms with Gasteiger partial charge in [0.1, 0.15) is 4.83 Å². The van der Waals surface area contributed by atoms with Gasteiger partial charge in [-0.1, -0.05) is 11.8 Å². The second kappa shape index (κ2) is 8.10. The molecule has 2 aromatic heterocycles. The van der Waals surface area contributed by atoms with Crippen LogP contribution >= 0.6 is 23.1 Å². The molecule has 6 nitrogen and oxygen atoms in total. The number of carbonyl (C=O) groups excluding carboxylic acids is 1. The number of aromatic nitrogens is 2. The predicted octanol–water partition coefficient (Wildman–Crippen LogP) is 3.04. The minimum absolute atomic E-state index is 0.0172. The normalized spacial score (nSPS) is 17.3. The Morgan fingerprint density at radius 3 is 2.88 bits per heavy atom. The van der Waals surface area contributed by atoms with Gasteiger partial charge in [-0.2, -0.15) is 0 Å². The summed E-state index contributed by atoms with van der Waals surface area (Å²) in [5.41, 5.74) is 0.983. The highest BCUT2D eigenvalue weighted by atomic mass is 32.2. The number of rotatable bonds is 6. The number of hydrogen-bond acceptors (Lipinski definition) is 6. The number of hydrogen-bond donors (Lipinski definition) is 1. The number of nitrogens with one attached hydrogen (secondary N) is 1. The molecular formula is C18H25N3O3S2. The first-order valence-corrected chi connectivity index (χ1v) is 10.7. The molecule has 1 aliphatic heterocycles. The van der Waals surface area contributed by atoms with Gasteiger partial charge in [0, 0.05) is 24.1 Å². The number of thioether (sulfide) groups is 1. The van der Waals surface area contributed by atoms with E-state index in [4.69, 9.17) is 4.74 Å². The van der Waals surface area contributed by atoms with Crippen molar-refractivity contribution >= 4 is 39.2 Å². The summed E-state index contributed by atoms with van der Waals surface area (Å²) in [7, 11) is 0. The summed E-state index contributed by atoms with van der Waals surface area (Å²) in [4.78, 5) is 31.7. The number of thiophene rings is 1. The Labute approximate surface area is 161 Å². The molecule has 0 unspecified atom stereocenters. The first-order chi connectivity index (χ1) is 12.4. The second-order valence-electron chi connectivity index (χ2n) is 6.85. The monoisotopic (exact) mass is 395 g/mol. The number of aryl methyl sites for hydroxylation is 2. The molecule has 1 N–H and O–H groups in total. The summed E-state index contributed by atoms with van der Waals surface area (Å²) in [6.07, 6.45) is 2.18. The van der Waals surface area contributed by atoms with Gasteiger partial charge in [0.15, 0.2) is 5.16 Å². The van der Waals surface area contributed by atoms with Gasteiger partial charge in [0.2, 0.25) is 5.91 Å². The van der Waals surface area contributed by atoms with Gasteiger partial charge in [-0.05, 0) is 46.1 Å². The van der Waals surface area contributed by atoms with Crippen molar-refractivity contribution in [3.63, 3.8) is 0 Å². The van der Waals surface area contributed by atoms with E-state index in [0.29, 0.717) is 17.1 Å². The number of fused-ring (bicyclic) bond motifs is 1. The first kappa shape index (κ1) is 19.4. The molecule has 1 aliphatic rings. The number of ether oxygens (including phenoxy) is 1. The fourth-order valence-electron chi connectivity index (χ4n) is 3.06. The molecule has 0 radical (unpaired) electrons. The van der Waals surface area contributed by atoms with Gasteiger partial charge in [-0.15, -0.1) is 11.3 Å². The van der Waals surface area contributed by atoms with Gasteiger partial charge in [-0.3, -0.25) is 14.2 Å². The largest absolute Gasteiger partial charge is 0.376 e. The molecule has 3 rings (SSSR count). The topological polar surface area (TPSA) is 73.2 Å². The number of carbonyl (C=O) groups is 1. The zero-order valence-electron chi connectivity index (χ0n) is 15.6. The van der Waals surface area contributed by atoms with Crippen LogP contribution in [0.25, 0.3) is 10.2 Å². The van der Waals surface area contributed by atoms with E-state index in [1.807, 2.05) is 27.7 Å². The highest BCUT2D eigenvalue weighted by Gasteiger charge is 2.20. The van der Waals surface area contributed by atoms with Crippen molar-refractivity contribution < 1.29 is 9.53 Å². The molecule has 26 heavy (non-hydrogen) atoms. The molecule has 3 heterocycles. The lowest BCUT2D eigenvalue weighted by Crippen LogP contribution is -2.33. The Bertz CT molecular complexity index is 867. The minimum atomic E-state index is -0.0614. The van der Waals surface area contributed by atoms with Crippen LogP contribution in [0.5, 0.6) is 0 Å². The lowest BCUT2D eigenvalue weighted by Gasteiger charge is -2.15. The zero-order valence-corrected chi connectivity index (χ0v) is 17.3. The molecule has 1 fully saturated rings. The average molecular weight is 396 g/mol. The third-order valence-corrected chi connectivity index (χ3v) is 6.66. The SMILES string of the molecule is Cc1sc2nc(SCC(=O)NC[C@@H]3CCCO3)n(C(C)C)c(=O)c2c1C. The molecule has 0 spiro atoms. The average Bonchev–Trinajstić information content (AvgIpc) is 3.19. The highest BCUT2D eigenvalue weighted by Crippen LogP contribution is 2.29. The van der Waals surface area contributed by atoms with Crippen LogP contribution in [0.3, 0.4) is 0 Å². The van der Waals surface area contributed by atoms with Crippen molar-refractivity contribution in [2.75, 3.05) is 18.9 Å². The Morgan fingerprint density at radius 2 is 2.23 bits per heavy atom. The molecule has 0 bridgehead atoms. The summed E-state index contributed by atoms with van der Waals surface area (Å²) >= 11 is 2.85. The van der Waals surface area contributed by atoms with Crippen molar-refractivity contribution in [1.82, 2.24) is 14.9 Å². The number of nitrogens with zero attached hydrogens (tertiary/aromatic N) is 2. The van der Waals surface area contributed by atoms with Crippen LogP contribution in [0, 0.1) is 13.8 Å². The summed E-state index contributed by atoms with van der Waals surface area (Å²) in [6.45, 7) is 9.22. The van der Waals surface area contributed by atoms with Crippen molar-refractivity contribution in [2.45, 2.75) is 57.8 Å². The molecule has 1 saturated heterocycles. The van der Waals surface area contributed by atoms with Crippen LogP contribution in [-0.4, -0.2) is 40.5 Å². The summed E-state index contributed by atoms with van der Waals surface area (Å²) < 4.78 is 7.21. The van der Waals surface area contributed by atoms with Crippen molar-refractivity contribution in [1.29, 1.82) is 0 Å². The molecular weight excluding hydrogens is 370 g/mol. The van der Waals surface area contributed by atoms with E-state index < -0.39 is 0 Å². The van der Waals surface area contributed by atoms with Crippen LogP contribution < -0.4 is 10.9 Å². The summed E-state index contributed by atoms with van der Waals surface area (Å²) in [5.74, 6) is 0.175. The first-order valence-electron chi connectivity index (χ1n) is 8.91. The maximum Gasteiger partial charge on any atom is 0.263 e. The molecule has 0 aliphatic carbocycles. The van der Waals surface area contributed by atoms with Crippen molar-refractivity contribution in [3.05, 3.63) is 20.8 Å². The Hall–Kier alpha value is -1.38. The standard InChI is InChI=1S/C18H25N3O3S2/c1-10(2)21-17(23)15-11(3)12(4)26-16(15)20-18(21)25-9-14(22)19-8-13-6-5-7-24-13/h10,13H,5-9H2,1-4H3,(H,19,22)/t13-/m0/s1. The second-order valence-corrected chi connectivity index (χ2v) is 9.00. The van der Waals surface area contributed by atoms with E-state index in [-0.39, 0.29) is 29.4 Å². The number of amides is 1. The lowest BCUT2D eigenvalue weighted by molar-refractivity contribution is -0.119. The quantitative estimate of drug-likeness (QED) is 0.601. The van der Waals surface area contributed by atoms with Gasteiger partial charge in [0.25, 0.3) is 5.56 Å². The predicted molar refractivity (Wildman–Crippen MR) is 106 cm³/mol. The lowest BCUT2D eigenvalue weighted by atomic mass is 10.2. The van der Waals surface area contributed by atoms with Crippen molar-refractivity contribution in [2.24, 2.45) is 0 Å². The van der Waals surface area contributed by atoms with Crippen LogP contribution in [0.15, 0.2) is 9.95 Å². The minimum Gasteiger partial charge on any atom is -0.376 e. The van der Waals surface area contributed by atoms with E-state index in [1.54, 1.807) is 4.57 Å². The van der Waals surface area contributed by atoms with E-state index in [9.17, 15) is 9.59 Å². The van der Waals surface area contributed by atoms with Crippen LogP contribution in [0.4, 0.5) is 0 Å². The van der Waals surface area contributed by atoms with Gasteiger partial charge >= 0.3 is 0 Å². The fraction of sp³-hybridized carbons (Fsp3) is 0.611. The van der Waals surface area contributed by atoms with Crippen LogP contribution in [-0.2, 0) is 9.53 Å². The maximum absolute atomic E-state index is 13.0. The highest BCUT2D eigenvalue weighted by molar-refractivity contribution is 7.99. The Kier molecular flexibility index (Phi) is 6.04. The molecule has 2 aromatic rings. The Morgan fingerprint density at radius 1 is 1.46 bits per heavy atom. The maximum atomic E-state index is 13.0. The van der Waals surface area contributed by atoms with Gasteiger partial charge < -0.3 is 10.1 Å². The smallest absolute Gasteiger partial charge is 0.263 e. The Balaban J connectivity index is 1.77. The fourth-order valence-corrected chi connectivity index (χ4v) is 5.09. The summed E-state index contributed by atoms with van der Waals surface area (Å²) in [6, 6.07) is -0.0172. The van der Waals surface area contributed by atoms with E-state index in [1.165, 1.54) is 23.1 Å². The molecule has 1 atom stereocenters. The third kappa shape index (κ3) is 3.97. The van der Waals surface area contributed by atoms with Crippen LogP contribution in [0.2, 0.25) is 0 Å². The van der Waals surface area contributed by atoms with E-state index in [2.05, 4.69) is 10.3 Å². The van der Waals surface area contributed by atoms with Gasteiger partial charge in [-0.25, -0.2) is 4.98 Å². The molecule has 0 aromatic carbocycles. The van der Waals surface area contributed by atoms with Gasteiger partial charge in [0.05, 0.1) is 17.2 Å². The van der Waals surface area contributed by atoms with Crippen molar-refractivity contribution in [3.8, 4) is 0 Å². The summed E-state index contributed by atoms with van der Waals surface area (Å²) in [5, 5.41) is 4.22. The zero-order chi connectivity index (χ0) is 18.8. The van der Waals surface area contributed by atoms with Crippen LogP contribution in [0.1, 0.15) is 43.2 Å². The van der Waals surface area contributed by atoms with E-state index >= 15 is 0 Å². The molecule has 142 valence electrons.